The third-order valence-corrected chi connectivity index (χ3v) is 4.17. The number of hydrogen-bond acceptors (Lipinski definition) is 2. The highest BCUT2D eigenvalue weighted by atomic mass is 16.4. The van der Waals surface area contributed by atoms with Crippen molar-refractivity contribution in [3.8, 4) is 0 Å². The van der Waals surface area contributed by atoms with Crippen molar-refractivity contribution in [1.29, 1.82) is 0 Å². The second kappa shape index (κ2) is 5.72. The van der Waals surface area contributed by atoms with Crippen LogP contribution in [0.2, 0.25) is 0 Å². The number of carbonyl (C=O) groups excluding carboxylic acids is 1. The van der Waals surface area contributed by atoms with E-state index in [1.54, 1.807) is 38.1 Å². The lowest BCUT2D eigenvalue weighted by atomic mass is 9.85. The van der Waals surface area contributed by atoms with Gasteiger partial charge in [0.2, 0.25) is 0 Å². The van der Waals surface area contributed by atoms with Crippen LogP contribution in [-0.4, -0.2) is 17.0 Å². The molecule has 1 aliphatic carbocycles. The molecule has 1 aromatic carbocycles. The second-order valence-corrected chi connectivity index (χ2v) is 6.07. The van der Waals surface area contributed by atoms with Crippen LogP contribution in [0.25, 0.3) is 0 Å². The Kier molecular flexibility index (Phi) is 4.16. The van der Waals surface area contributed by atoms with Crippen LogP contribution in [0.15, 0.2) is 35.4 Å². The van der Waals surface area contributed by atoms with Crippen molar-refractivity contribution in [2.75, 3.05) is 5.32 Å². The average Bonchev–Trinajstić information content (AvgIpc) is 2.85. The first-order chi connectivity index (χ1) is 9.82. The number of amides is 1. The van der Waals surface area contributed by atoms with Gasteiger partial charge >= 0.3 is 5.97 Å². The zero-order valence-electron chi connectivity index (χ0n) is 12.7. The van der Waals surface area contributed by atoms with Crippen molar-refractivity contribution in [2.24, 2.45) is 0 Å². The van der Waals surface area contributed by atoms with Crippen molar-refractivity contribution >= 4 is 17.6 Å². The van der Waals surface area contributed by atoms with Crippen LogP contribution < -0.4 is 5.32 Å². The number of anilines is 1. The zero-order valence-corrected chi connectivity index (χ0v) is 12.7. The Hall–Kier alpha value is -2.10. The molecule has 0 saturated carbocycles. The molecule has 0 bridgehead atoms. The number of benzene rings is 1. The van der Waals surface area contributed by atoms with Gasteiger partial charge in [0.1, 0.15) is 0 Å². The molecule has 0 saturated heterocycles. The van der Waals surface area contributed by atoms with Gasteiger partial charge in [0.15, 0.2) is 0 Å². The van der Waals surface area contributed by atoms with Gasteiger partial charge in [0.25, 0.3) is 5.91 Å². The highest BCUT2D eigenvalue weighted by molar-refractivity contribution is 6.04. The molecule has 112 valence electrons. The minimum atomic E-state index is -0.937. The topological polar surface area (TPSA) is 66.4 Å². The van der Waals surface area contributed by atoms with E-state index in [1.165, 1.54) is 0 Å². The summed E-state index contributed by atoms with van der Waals surface area (Å²) in [6.07, 6.45) is 2.87. The molecule has 0 fully saturated rings. The van der Waals surface area contributed by atoms with E-state index in [0.29, 0.717) is 11.3 Å². The van der Waals surface area contributed by atoms with E-state index in [9.17, 15) is 14.7 Å². The molecule has 1 amide bonds. The lowest BCUT2D eigenvalue weighted by Gasteiger charge is -2.20. The van der Waals surface area contributed by atoms with Gasteiger partial charge in [-0.25, -0.2) is 0 Å². The molecule has 4 nitrogen and oxygen atoms in total. The van der Waals surface area contributed by atoms with Crippen LogP contribution in [-0.2, 0) is 15.0 Å². The molecular weight excluding hydrogens is 266 g/mol. The molecule has 1 aromatic rings. The highest BCUT2D eigenvalue weighted by Gasteiger charge is 2.29. The largest absolute Gasteiger partial charge is 0.481 e. The quantitative estimate of drug-likeness (QED) is 0.890. The molecular formula is C17H21NO3. The van der Waals surface area contributed by atoms with Crippen LogP contribution in [0, 0.1) is 0 Å². The average molecular weight is 287 g/mol. The predicted octanol–water partition coefficient (Wildman–Crippen LogP) is 3.49. The number of hydrogen-bond donors (Lipinski definition) is 2. The van der Waals surface area contributed by atoms with Crippen molar-refractivity contribution in [1.82, 2.24) is 0 Å². The monoisotopic (exact) mass is 287 g/mol. The Morgan fingerprint density at radius 1 is 1.14 bits per heavy atom. The lowest BCUT2D eigenvalue weighted by Crippen LogP contribution is -2.28. The van der Waals surface area contributed by atoms with Gasteiger partial charge in [-0.2, -0.15) is 0 Å². The van der Waals surface area contributed by atoms with Crippen molar-refractivity contribution in [3.63, 3.8) is 0 Å². The summed E-state index contributed by atoms with van der Waals surface area (Å²) in [5, 5.41) is 12.1. The van der Waals surface area contributed by atoms with Gasteiger partial charge in [0, 0.05) is 11.3 Å². The summed E-state index contributed by atoms with van der Waals surface area (Å²) in [6.45, 7) is 5.33. The number of allylic oxidation sites excluding steroid dienone is 1. The van der Waals surface area contributed by atoms with E-state index in [2.05, 4.69) is 5.32 Å². The standard InChI is InChI=1S/C17H21NO3/c1-11-5-4-6-14(11)15(19)18-13-9-7-12(8-10-13)17(2,3)16(20)21/h7-10H,4-6H2,1-3H3,(H,18,19)(H,20,21). The van der Waals surface area contributed by atoms with Crippen LogP contribution >= 0.6 is 0 Å². The van der Waals surface area contributed by atoms with Gasteiger partial charge in [-0.3, -0.25) is 9.59 Å². The van der Waals surface area contributed by atoms with E-state index < -0.39 is 11.4 Å². The number of aliphatic carboxylic acids is 1. The molecule has 2 rings (SSSR count). The molecule has 0 unspecified atom stereocenters. The van der Waals surface area contributed by atoms with E-state index in [-0.39, 0.29) is 5.91 Å². The van der Waals surface area contributed by atoms with Gasteiger partial charge < -0.3 is 10.4 Å². The lowest BCUT2D eigenvalue weighted by molar-refractivity contribution is -0.142. The molecule has 4 heteroatoms. The maximum atomic E-state index is 12.2. The van der Waals surface area contributed by atoms with Crippen LogP contribution in [0.1, 0.15) is 45.6 Å². The minimum Gasteiger partial charge on any atom is -0.481 e. The first-order valence-corrected chi connectivity index (χ1v) is 7.16. The molecule has 2 N–H and O–H groups in total. The van der Waals surface area contributed by atoms with Crippen molar-refractivity contribution < 1.29 is 14.7 Å². The Labute approximate surface area is 124 Å². The summed E-state index contributed by atoms with van der Waals surface area (Å²) in [5.41, 5.74) is 2.51. The first kappa shape index (κ1) is 15.3. The number of carbonyl (C=O) groups is 2. The Balaban J connectivity index is 2.12. The molecule has 0 radical (unpaired) electrons. The van der Waals surface area contributed by atoms with Crippen LogP contribution in [0.4, 0.5) is 5.69 Å². The Morgan fingerprint density at radius 3 is 2.24 bits per heavy atom. The summed E-state index contributed by atoms with van der Waals surface area (Å²) >= 11 is 0. The molecule has 0 aliphatic heterocycles. The fraction of sp³-hybridized carbons (Fsp3) is 0.412. The maximum Gasteiger partial charge on any atom is 0.313 e. The SMILES string of the molecule is CC1=C(C(=O)Nc2ccc(C(C)(C)C(=O)O)cc2)CCC1. The summed E-state index contributed by atoms with van der Waals surface area (Å²) in [4.78, 5) is 23.4. The Morgan fingerprint density at radius 2 is 1.76 bits per heavy atom. The fourth-order valence-corrected chi connectivity index (χ4v) is 2.50. The third-order valence-electron chi connectivity index (χ3n) is 4.17. The highest BCUT2D eigenvalue weighted by Crippen LogP contribution is 2.28. The number of carboxylic acid groups (broad SMARTS) is 1. The molecule has 0 aromatic heterocycles. The van der Waals surface area contributed by atoms with Crippen molar-refractivity contribution in [3.05, 3.63) is 41.0 Å². The fourth-order valence-electron chi connectivity index (χ4n) is 2.50. The Bertz CT molecular complexity index is 597. The summed E-state index contributed by atoms with van der Waals surface area (Å²) < 4.78 is 0. The summed E-state index contributed by atoms with van der Waals surface area (Å²) in [6, 6.07) is 7.00. The number of carboxylic acids is 1. The second-order valence-electron chi connectivity index (χ2n) is 6.07. The molecule has 0 atom stereocenters. The van der Waals surface area contributed by atoms with Gasteiger partial charge in [-0.1, -0.05) is 17.7 Å². The van der Waals surface area contributed by atoms with Crippen molar-refractivity contribution in [2.45, 2.75) is 45.4 Å². The minimum absolute atomic E-state index is 0.0461. The van der Waals surface area contributed by atoms with Gasteiger partial charge in [-0.15, -0.1) is 0 Å². The first-order valence-electron chi connectivity index (χ1n) is 7.16. The van der Waals surface area contributed by atoms with E-state index in [4.69, 9.17) is 0 Å². The van der Waals surface area contributed by atoms with Gasteiger partial charge in [-0.05, 0) is 57.7 Å². The van der Waals surface area contributed by atoms with Crippen LogP contribution in [0.5, 0.6) is 0 Å². The number of rotatable bonds is 4. The molecule has 0 heterocycles. The maximum absolute atomic E-state index is 12.2. The number of nitrogens with one attached hydrogen (secondary N) is 1. The smallest absolute Gasteiger partial charge is 0.313 e. The third kappa shape index (κ3) is 3.15. The zero-order chi connectivity index (χ0) is 15.6. The normalized spacial score (nSPS) is 15.2. The van der Waals surface area contributed by atoms with Gasteiger partial charge in [0.05, 0.1) is 5.41 Å². The molecule has 21 heavy (non-hydrogen) atoms. The van der Waals surface area contributed by atoms with E-state index in [1.807, 2.05) is 6.92 Å². The summed E-state index contributed by atoms with van der Waals surface area (Å²) in [7, 11) is 0. The predicted molar refractivity (Wildman–Crippen MR) is 82.3 cm³/mol. The van der Waals surface area contributed by atoms with Crippen LogP contribution in [0.3, 0.4) is 0 Å². The summed E-state index contributed by atoms with van der Waals surface area (Å²) in [5.74, 6) is -0.915. The molecule has 1 aliphatic rings. The van der Waals surface area contributed by atoms with E-state index in [0.717, 1.165) is 30.4 Å². The molecule has 0 spiro atoms. The van der Waals surface area contributed by atoms with E-state index >= 15 is 0 Å².